The summed E-state index contributed by atoms with van der Waals surface area (Å²) in [4.78, 5) is 23.6. The van der Waals surface area contributed by atoms with Gasteiger partial charge in [0.1, 0.15) is 5.54 Å². The number of aryl methyl sites for hydroxylation is 1. The van der Waals surface area contributed by atoms with Crippen molar-refractivity contribution in [1.29, 1.82) is 0 Å². The number of rotatable bonds is 6. The van der Waals surface area contributed by atoms with E-state index >= 15 is 0 Å². The maximum Gasteiger partial charge on any atom is 0.305 e. The minimum atomic E-state index is -1.12. The van der Waals surface area contributed by atoms with E-state index in [1.165, 1.54) is 7.11 Å². The monoisotopic (exact) mass is 362 g/mol. The topological polar surface area (TPSA) is 81.4 Å². The molecular weight excluding hydrogens is 340 g/mol. The lowest BCUT2D eigenvalue weighted by Crippen LogP contribution is -2.45. The van der Waals surface area contributed by atoms with Gasteiger partial charge >= 0.3 is 5.97 Å². The van der Waals surface area contributed by atoms with E-state index in [0.717, 1.165) is 11.1 Å². The highest BCUT2D eigenvalue weighted by Gasteiger charge is 2.30. The van der Waals surface area contributed by atoms with E-state index in [-0.39, 0.29) is 24.3 Å². The number of carbonyl (C=O) groups excluding carboxylic acids is 2. The molecule has 25 heavy (non-hydrogen) atoms. The van der Waals surface area contributed by atoms with Crippen molar-refractivity contribution in [3.8, 4) is 0 Å². The quantitative estimate of drug-likeness (QED) is 0.774. The number of hydrogen-bond donors (Lipinski definition) is 2. The molecule has 0 bridgehead atoms. The Morgan fingerprint density at radius 1 is 1.08 bits per heavy atom. The Morgan fingerprint density at radius 3 is 2.24 bits per heavy atom. The zero-order valence-electron chi connectivity index (χ0n) is 14.3. The molecule has 5 nitrogen and oxygen atoms in total. The number of nitrogens with one attached hydrogen (secondary N) is 1. The average Bonchev–Trinajstić information content (AvgIpc) is 2.61. The Hall–Kier alpha value is -2.37. The van der Waals surface area contributed by atoms with Crippen LogP contribution in [-0.2, 0) is 26.3 Å². The summed E-state index contributed by atoms with van der Waals surface area (Å²) in [6.45, 7) is 1.68. The van der Waals surface area contributed by atoms with E-state index in [0.29, 0.717) is 18.5 Å². The van der Waals surface area contributed by atoms with Crippen LogP contribution in [0, 0.1) is 0 Å². The van der Waals surface area contributed by atoms with Crippen molar-refractivity contribution >= 4 is 30.0 Å². The third-order valence-electron chi connectivity index (χ3n) is 3.90. The van der Waals surface area contributed by atoms with Crippen molar-refractivity contribution < 1.29 is 14.3 Å². The number of carbonyl (C=O) groups is 2. The molecule has 0 heterocycles. The van der Waals surface area contributed by atoms with Crippen LogP contribution in [0.4, 0.5) is 5.69 Å². The first-order valence-corrected chi connectivity index (χ1v) is 7.75. The Kier molecular flexibility index (Phi) is 7.61. The van der Waals surface area contributed by atoms with Gasteiger partial charge in [0.05, 0.1) is 7.11 Å². The summed E-state index contributed by atoms with van der Waals surface area (Å²) in [6, 6.07) is 16.6. The fourth-order valence-corrected chi connectivity index (χ4v) is 2.28. The predicted molar refractivity (Wildman–Crippen MR) is 101 cm³/mol. The summed E-state index contributed by atoms with van der Waals surface area (Å²) >= 11 is 0. The van der Waals surface area contributed by atoms with Crippen LogP contribution >= 0.6 is 12.4 Å². The fraction of sp³-hybridized carbons (Fsp3) is 0.263. The van der Waals surface area contributed by atoms with E-state index in [2.05, 4.69) is 10.1 Å². The molecule has 0 fully saturated rings. The van der Waals surface area contributed by atoms with Gasteiger partial charge in [-0.15, -0.1) is 12.4 Å². The number of anilines is 1. The molecule has 3 N–H and O–H groups in total. The summed E-state index contributed by atoms with van der Waals surface area (Å²) in [5.41, 5.74) is 7.48. The number of nitrogens with two attached hydrogens (primary N) is 1. The number of esters is 1. The molecule has 0 saturated carbocycles. The molecular formula is C19H23ClN2O3. The van der Waals surface area contributed by atoms with Crippen molar-refractivity contribution in [2.24, 2.45) is 5.73 Å². The second kappa shape index (κ2) is 9.20. The number of hydrogen-bond acceptors (Lipinski definition) is 4. The number of methoxy groups -OCH3 is 1. The summed E-state index contributed by atoms with van der Waals surface area (Å²) in [5.74, 6) is -0.523. The molecule has 0 aromatic heterocycles. The first kappa shape index (κ1) is 20.7. The van der Waals surface area contributed by atoms with Crippen LogP contribution in [0.3, 0.4) is 0 Å². The lowest BCUT2D eigenvalue weighted by molar-refractivity contribution is -0.140. The molecule has 0 radical (unpaired) electrons. The Labute approximate surface area is 154 Å². The van der Waals surface area contributed by atoms with Crippen LogP contribution in [0.15, 0.2) is 54.6 Å². The van der Waals surface area contributed by atoms with Crippen LogP contribution < -0.4 is 11.1 Å². The van der Waals surface area contributed by atoms with Gasteiger partial charge in [0, 0.05) is 12.1 Å². The molecule has 0 aliphatic carbocycles. The van der Waals surface area contributed by atoms with Gasteiger partial charge in [0.15, 0.2) is 0 Å². The van der Waals surface area contributed by atoms with Gasteiger partial charge < -0.3 is 15.8 Å². The summed E-state index contributed by atoms with van der Waals surface area (Å²) in [5, 5.41) is 2.83. The normalized spacial score (nSPS) is 12.4. The van der Waals surface area contributed by atoms with E-state index in [1.54, 1.807) is 19.1 Å². The average molecular weight is 363 g/mol. The number of ether oxygens (including phenoxy) is 1. The molecule has 0 aliphatic rings. The van der Waals surface area contributed by atoms with Gasteiger partial charge in [-0.2, -0.15) is 0 Å². The van der Waals surface area contributed by atoms with Crippen molar-refractivity contribution in [3.63, 3.8) is 0 Å². The Morgan fingerprint density at radius 2 is 1.68 bits per heavy atom. The van der Waals surface area contributed by atoms with Crippen LogP contribution in [0.25, 0.3) is 0 Å². The highest BCUT2D eigenvalue weighted by Crippen LogP contribution is 2.20. The van der Waals surface area contributed by atoms with Gasteiger partial charge in [-0.25, -0.2) is 0 Å². The molecule has 2 aromatic rings. The van der Waals surface area contributed by atoms with Crippen molar-refractivity contribution in [3.05, 3.63) is 65.7 Å². The van der Waals surface area contributed by atoms with Crippen molar-refractivity contribution in [1.82, 2.24) is 0 Å². The third kappa shape index (κ3) is 5.59. The lowest BCUT2D eigenvalue weighted by atomic mass is 9.92. The Balaban J connectivity index is 0.00000312. The first-order chi connectivity index (χ1) is 11.4. The van der Waals surface area contributed by atoms with Crippen LogP contribution in [0.2, 0.25) is 0 Å². The predicted octanol–water partition coefficient (Wildman–Crippen LogP) is 3.03. The SMILES string of the molecule is COC(=O)CCc1ccc(NC(=O)C(C)(N)c2ccccc2)cc1.Cl. The van der Waals surface area contributed by atoms with E-state index in [1.807, 2.05) is 42.5 Å². The molecule has 2 aromatic carbocycles. The second-order valence-corrected chi connectivity index (χ2v) is 5.80. The molecule has 1 unspecified atom stereocenters. The molecule has 0 aliphatic heterocycles. The minimum absolute atomic E-state index is 0. The van der Waals surface area contributed by atoms with Crippen molar-refractivity contribution in [2.45, 2.75) is 25.3 Å². The molecule has 1 amide bonds. The smallest absolute Gasteiger partial charge is 0.305 e. The van der Waals surface area contributed by atoms with Gasteiger partial charge in [-0.05, 0) is 36.6 Å². The summed E-state index contributed by atoms with van der Waals surface area (Å²) in [7, 11) is 1.37. The Bertz CT molecular complexity index is 700. The number of halogens is 1. The number of amides is 1. The maximum absolute atomic E-state index is 12.5. The van der Waals surface area contributed by atoms with E-state index in [4.69, 9.17) is 5.73 Å². The maximum atomic E-state index is 12.5. The molecule has 2 rings (SSSR count). The fourth-order valence-electron chi connectivity index (χ4n) is 2.28. The number of benzene rings is 2. The lowest BCUT2D eigenvalue weighted by Gasteiger charge is -2.24. The van der Waals surface area contributed by atoms with Crippen LogP contribution in [0.1, 0.15) is 24.5 Å². The third-order valence-corrected chi connectivity index (χ3v) is 3.90. The zero-order valence-corrected chi connectivity index (χ0v) is 15.1. The highest BCUT2D eigenvalue weighted by atomic mass is 35.5. The van der Waals surface area contributed by atoms with Crippen LogP contribution in [-0.4, -0.2) is 19.0 Å². The summed E-state index contributed by atoms with van der Waals surface area (Å²) in [6.07, 6.45) is 0.927. The summed E-state index contributed by atoms with van der Waals surface area (Å²) < 4.78 is 4.62. The van der Waals surface area contributed by atoms with Crippen molar-refractivity contribution in [2.75, 3.05) is 12.4 Å². The highest BCUT2D eigenvalue weighted by molar-refractivity contribution is 5.98. The standard InChI is InChI=1S/C19H22N2O3.ClH/c1-19(20,15-6-4-3-5-7-15)18(23)21-16-11-8-14(9-12-16)10-13-17(22)24-2;/h3-9,11-12H,10,13,20H2,1-2H3,(H,21,23);1H. The largest absolute Gasteiger partial charge is 0.469 e. The van der Waals surface area contributed by atoms with Gasteiger partial charge in [0.25, 0.3) is 0 Å². The van der Waals surface area contributed by atoms with Gasteiger partial charge in [0.2, 0.25) is 5.91 Å². The molecule has 1 atom stereocenters. The van der Waals surface area contributed by atoms with Gasteiger partial charge in [-0.1, -0.05) is 42.5 Å². The minimum Gasteiger partial charge on any atom is -0.469 e. The zero-order chi connectivity index (χ0) is 17.6. The molecule has 134 valence electrons. The van der Waals surface area contributed by atoms with E-state index < -0.39 is 5.54 Å². The molecule has 0 spiro atoms. The van der Waals surface area contributed by atoms with Crippen LogP contribution in [0.5, 0.6) is 0 Å². The van der Waals surface area contributed by atoms with E-state index in [9.17, 15) is 9.59 Å². The second-order valence-electron chi connectivity index (χ2n) is 5.80. The first-order valence-electron chi connectivity index (χ1n) is 7.75. The van der Waals surface area contributed by atoms with Gasteiger partial charge in [-0.3, -0.25) is 9.59 Å². The molecule has 6 heteroatoms. The molecule has 0 saturated heterocycles.